The van der Waals surface area contributed by atoms with Gasteiger partial charge in [0.05, 0.1) is 12.2 Å². The third-order valence-electron chi connectivity index (χ3n) is 4.58. The number of hydrogen-bond acceptors (Lipinski definition) is 3. The first-order valence-corrected chi connectivity index (χ1v) is 8.71. The van der Waals surface area contributed by atoms with Crippen molar-refractivity contribution in [2.24, 2.45) is 0 Å². The third-order valence-corrected chi connectivity index (χ3v) is 4.58. The van der Waals surface area contributed by atoms with Gasteiger partial charge in [0.2, 0.25) is 0 Å². The standard InChI is InChI=1S/C18H28N2O3/c1-4-23-18(22)16-12(2)15(13(3)19-16)17(21)20-14-10-8-6-5-7-9-11-14/h14,19H,4-11H2,1-3H3,(H,20,21). The van der Waals surface area contributed by atoms with E-state index in [1.807, 2.05) is 6.92 Å². The summed E-state index contributed by atoms with van der Waals surface area (Å²) in [7, 11) is 0. The van der Waals surface area contributed by atoms with Gasteiger partial charge in [-0.25, -0.2) is 4.79 Å². The molecule has 1 aromatic rings. The number of aromatic amines is 1. The van der Waals surface area contributed by atoms with E-state index in [9.17, 15) is 9.59 Å². The van der Waals surface area contributed by atoms with Gasteiger partial charge in [-0.1, -0.05) is 32.1 Å². The van der Waals surface area contributed by atoms with Crippen LogP contribution >= 0.6 is 0 Å². The summed E-state index contributed by atoms with van der Waals surface area (Å²) in [6.45, 7) is 5.71. The van der Waals surface area contributed by atoms with Crippen molar-refractivity contribution in [3.8, 4) is 0 Å². The zero-order valence-electron chi connectivity index (χ0n) is 14.5. The SMILES string of the molecule is CCOC(=O)c1[nH]c(C)c(C(=O)NC2CCCCCCC2)c1C. The summed E-state index contributed by atoms with van der Waals surface area (Å²) >= 11 is 0. The van der Waals surface area contributed by atoms with E-state index < -0.39 is 5.97 Å². The molecule has 2 N–H and O–H groups in total. The number of amides is 1. The molecule has 5 nitrogen and oxygen atoms in total. The van der Waals surface area contributed by atoms with Gasteiger partial charge < -0.3 is 15.0 Å². The lowest BCUT2D eigenvalue weighted by molar-refractivity contribution is 0.0519. The predicted molar refractivity (Wildman–Crippen MR) is 89.8 cm³/mol. The van der Waals surface area contributed by atoms with Crippen LogP contribution in [0.25, 0.3) is 0 Å². The molecule has 1 aliphatic carbocycles. The smallest absolute Gasteiger partial charge is 0.355 e. The van der Waals surface area contributed by atoms with Crippen molar-refractivity contribution in [3.05, 3.63) is 22.5 Å². The Morgan fingerprint density at radius 3 is 2.35 bits per heavy atom. The maximum absolute atomic E-state index is 12.7. The Balaban J connectivity index is 2.10. The third kappa shape index (κ3) is 4.36. The Kier molecular flexibility index (Phi) is 6.25. The Morgan fingerprint density at radius 2 is 1.74 bits per heavy atom. The number of rotatable bonds is 4. The Morgan fingerprint density at radius 1 is 1.13 bits per heavy atom. The zero-order chi connectivity index (χ0) is 16.8. The van der Waals surface area contributed by atoms with Gasteiger partial charge in [0.15, 0.2) is 0 Å². The van der Waals surface area contributed by atoms with Gasteiger partial charge >= 0.3 is 5.97 Å². The molecular formula is C18H28N2O3. The monoisotopic (exact) mass is 320 g/mol. The minimum absolute atomic E-state index is 0.0858. The molecule has 1 aromatic heterocycles. The van der Waals surface area contributed by atoms with Gasteiger partial charge in [-0.3, -0.25) is 4.79 Å². The fourth-order valence-corrected chi connectivity index (χ4v) is 3.36. The second-order valence-electron chi connectivity index (χ2n) is 6.36. The molecule has 0 unspecified atom stereocenters. The molecule has 0 saturated heterocycles. The van der Waals surface area contributed by atoms with Crippen LogP contribution < -0.4 is 5.32 Å². The molecule has 1 fully saturated rings. The van der Waals surface area contributed by atoms with Crippen molar-refractivity contribution in [1.82, 2.24) is 10.3 Å². The lowest BCUT2D eigenvalue weighted by atomic mass is 9.96. The molecule has 1 heterocycles. The van der Waals surface area contributed by atoms with E-state index in [0.29, 0.717) is 29.1 Å². The highest BCUT2D eigenvalue weighted by Crippen LogP contribution is 2.21. The van der Waals surface area contributed by atoms with Gasteiger partial charge in [0, 0.05) is 11.7 Å². The molecule has 0 aliphatic heterocycles. The van der Waals surface area contributed by atoms with Crippen LogP contribution in [0.3, 0.4) is 0 Å². The van der Waals surface area contributed by atoms with E-state index in [2.05, 4.69) is 10.3 Å². The highest BCUT2D eigenvalue weighted by atomic mass is 16.5. The average Bonchev–Trinajstić information content (AvgIpc) is 2.77. The minimum Gasteiger partial charge on any atom is -0.461 e. The van der Waals surface area contributed by atoms with Crippen LogP contribution in [0.2, 0.25) is 0 Å². The average molecular weight is 320 g/mol. The van der Waals surface area contributed by atoms with Gasteiger partial charge in [-0.05, 0) is 39.2 Å². The quantitative estimate of drug-likeness (QED) is 0.832. The molecule has 0 bridgehead atoms. The summed E-state index contributed by atoms with van der Waals surface area (Å²) in [5.41, 5.74) is 2.35. The van der Waals surface area contributed by atoms with Crippen molar-refractivity contribution in [3.63, 3.8) is 0 Å². The van der Waals surface area contributed by atoms with E-state index in [-0.39, 0.29) is 11.9 Å². The first-order chi connectivity index (χ1) is 11.0. The van der Waals surface area contributed by atoms with Crippen LogP contribution in [-0.2, 0) is 4.74 Å². The number of H-pyrrole nitrogens is 1. The van der Waals surface area contributed by atoms with Gasteiger partial charge in [0.1, 0.15) is 5.69 Å². The van der Waals surface area contributed by atoms with Gasteiger partial charge in [-0.15, -0.1) is 0 Å². The van der Waals surface area contributed by atoms with E-state index in [1.165, 1.54) is 32.1 Å². The van der Waals surface area contributed by atoms with E-state index in [0.717, 1.165) is 12.8 Å². The number of esters is 1. The number of aromatic nitrogens is 1. The molecule has 1 amide bonds. The fourth-order valence-electron chi connectivity index (χ4n) is 3.36. The molecule has 0 aromatic carbocycles. The lowest BCUT2D eigenvalue weighted by Gasteiger charge is -2.21. The number of ether oxygens (including phenoxy) is 1. The van der Waals surface area contributed by atoms with Crippen LogP contribution in [-0.4, -0.2) is 29.5 Å². The number of carbonyl (C=O) groups excluding carboxylic acids is 2. The predicted octanol–water partition coefficient (Wildman–Crippen LogP) is 3.65. The minimum atomic E-state index is -0.405. The molecule has 1 aliphatic rings. The molecule has 0 atom stereocenters. The number of carbonyl (C=O) groups is 2. The first-order valence-electron chi connectivity index (χ1n) is 8.71. The molecule has 0 radical (unpaired) electrons. The van der Waals surface area contributed by atoms with Crippen LogP contribution in [0.5, 0.6) is 0 Å². The van der Waals surface area contributed by atoms with E-state index in [1.54, 1.807) is 13.8 Å². The van der Waals surface area contributed by atoms with Crippen molar-refractivity contribution >= 4 is 11.9 Å². The van der Waals surface area contributed by atoms with Crippen molar-refractivity contribution in [2.45, 2.75) is 71.8 Å². The topological polar surface area (TPSA) is 71.2 Å². The first kappa shape index (κ1) is 17.6. The zero-order valence-corrected chi connectivity index (χ0v) is 14.5. The van der Waals surface area contributed by atoms with E-state index in [4.69, 9.17) is 4.74 Å². The van der Waals surface area contributed by atoms with Gasteiger partial charge in [-0.2, -0.15) is 0 Å². The summed E-state index contributed by atoms with van der Waals surface area (Å²) in [6, 6.07) is 0.238. The summed E-state index contributed by atoms with van der Waals surface area (Å²) in [4.78, 5) is 27.6. The molecule has 1 saturated carbocycles. The van der Waals surface area contributed by atoms with Crippen LogP contribution in [0.4, 0.5) is 0 Å². The maximum Gasteiger partial charge on any atom is 0.355 e. The summed E-state index contributed by atoms with van der Waals surface area (Å²) in [6.07, 6.45) is 8.23. The molecular weight excluding hydrogens is 292 g/mol. The van der Waals surface area contributed by atoms with Gasteiger partial charge in [0.25, 0.3) is 5.91 Å². The summed E-state index contributed by atoms with van der Waals surface area (Å²) in [5.74, 6) is -0.490. The van der Waals surface area contributed by atoms with Crippen LogP contribution in [0.1, 0.15) is 84.0 Å². The number of hydrogen-bond donors (Lipinski definition) is 2. The Bertz CT molecular complexity index is 555. The molecule has 128 valence electrons. The normalized spacial score (nSPS) is 16.5. The molecule has 5 heteroatoms. The molecule has 0 spiro atoms. The van der Waals surface area contributed by atoms with Crippen molar-refractivity contribution < 1.29 is 14.3 Å². The second-order valence-corrected chi connectivity index (χ2v) is 6.36. The number of aryl methyl sites for hydroxylation is 1. The number of nitrogens with one attached hydrogen (secondary N) is 2. The highest BCUT2D eigenvalue weighted by Gasteiger charge is 2.24. The fraction of sp³-hybridized carbons (Fsp3) is 0.667. The summed E-state index contributed by atoms with van der Waals surface area (Å²) in [5, 5.41) is 3.16. The van der Waals surface area contributed by atoms with E-state index >= 15 is 0 Å². The largest absolute Gasteiger partial charge is 0.461 e. The van der Waals surface area contributed by atoms with Crippen molar-refractivity contribution in [2.75, 3.05) is 6.61 Å². The lowest BCUT2D eigenvalue weighted by Crippen LogP contribution is -2.35. The maximum atomic E-state index is 12.7. The molecule has 2 rings (SSSR count). The second kappa shape index (κ2) is 8.18. The summed E-state index contributed by atoms with van der Waals surface area (Å²) < 4.78 is 5.04. The van der Waals surface area contributed by atoms with Crippen molar-refractivity contribution in [1.29, 1.82) is 0 Å². The van der Waals surface area contributed by atoms with Crippen LogP contribution in [0.15, 0.2) is 0 Å². The molecule has 23 heavy (non-hydrogen) atoms. The Labute approximate surface area is 138 Å². The Hall–Kier alpha value is -1.78. The highest BCUT2D eigenvalue weighted by molar-refractivity contribution is 6.01. The van der Waals surface area contributed by atoms with Crippen LogP contribution in [0, 0.1) is 13.8 Å².